The van der Waals surface area contributed by atoms with E-state index in [9.17, 15) is 0 Å². The zero-order valence-corrected chi connectivity index (χ0v) is 11.6. The number of hydrogen-bond donors (Lipinski definition) is 0. The van der Waals surface area contributed by atoms with Crippen LogP contribution >= 0.6 is 0 Å². The first-order valence-corrected chi connectivity index (χ1v) is 7.26. The minimum Gasteiger partial charge on any atom is -0.0622 e. The van der Waals surface area contributed by atoms with Gasteiger partial charge < -0.3 is 0 Å². The van der Waals surface area contributed by atoms with Gasteiger partial charge >= 0.3 is 0 Å². The van der Waals surface area contributed by atoms with Gasteiger partial charge in [0.05, 0.1) is 0 Å². The smallest absolute Gasteiger partial charge is 0.0216 e. The highest BCUT2D eigenvalue weighted by molar-refractivity contribution is 5.30. The summed E-state index contributed by atoms with van der Waals surface area (Å²) in [6, 6.07) is 9.04. The summed E-state index contributed by atoms with van der Waals surface area (Å²) in [4.78, 5) is 0. The molecule has 1 aliphatic carbocycles. The van der Waals surface area contributed by atoms with Crippen molar-refractivity contribution >= 4 is 0 Å². The lowest BCUT2D eigenvalue weighted by atomic mass is 9.76. The fraction of sp³-hybridized carbons (Fsp3) is 0.647. The second-order valence-electron chi connectivity index (χ2n) is 6.08. The van der Waals surface area contributed by atoms with Crippen LogP contribution in [0.5, 0.6) is 0 Å². The highest BCUT2D eigenvalue weighted by atomic mass is 14.3. The van der Waals surface area contributed by atoms with Gasteiger partial charge in [0.2, 0.25) is 0 Å². The lowest BCUT2D eigenvalue weighted by Crippen LogP contribution is -2.19. The van der Waals surface area contributed by atoms with Crippen LogP contribution in [0.25, 0.3) is 0 Å². The van der Waals surface area contributed by atoms with E-state index in [-0.39, 0.29) is 0 Å². The summed E-state index contributed by atoms with van der Waals surface area (Å²) >= 11 is 0. The first-order chi connectivity index (χ1) is 8.18. The summed E-state index contributed by atoms with van der Waals surface area (Å²) in [6.45, 7) is 7.06. The minimum atomic E-state index is 0.657. The molecule has 17 heavy (non-hydrogen) atoms. The third kappa shape index (κ3) is 3.12. The molecular formula is C17H26. The molecule has 0 bridgehead atoms. The van der Waals surface area contributed by atoms with E-state index in [4.69, 9.17) is 0 Å². The predicted molar refractivity (Wildman–Crippen MR) is 75.4 cm³/mol. The largest absolute Gasteiger partial charge is 0.0622 e. The average Bonchev–Trinajstić information content (AvgIpc) is 2.32. The maximum Gasteiger partial charge on any atom is -0.0216 e. The summed E-state index contributed by atoms with van der Waals surface area (Å²) in [6.07, 6.45) is 7.07. The van der Waals surface area contributed by atoms with Crippen LogP contribution in [0.1, 0.15) is 63.5 Å². The van der Waals surface area contributed by atoms with Gasteiger partial charge in [0.25, 0.3) is 0 Å². The zero-order valence-electron chi connectivity index (χ0n) is 11.6. The molecule has 2 unspecified atom stereocenters. The molecule has 0 N–H and O–H groups in total. The van der Waals surface area contributed by atoms with Crippen molar-refractivity contribution in [3.8, 4) is 0 Å². The lowest BCUT2D eigenvalue weighted by Gasteiger charge is -2.29. The number of benzene rings is 1. The van der Waals surface area contributed by atoms with E-state index in [0.29, 0.717) is 5.92 Å². The first-order valence-electron chi connectivity index (χ1n) is 7.26. The molecule has 0 spiro atoms. The van der Waals surface area contributed by atoms with Crippen LogP contribution in [-0.2, 0) is 6.42 Å². The van der Waals surface area contributed by atoms with Gasteiger partial charge in [-0.1, -0.05) is 64.3 Å². The molecule has 0 amide bonds. The fourth-order valence-corrected chi connectivity index (χ4v) is 3.26. The van der Waals surface area contributed by atoms with E-state index >= 15 is 0 Å². The minimum absolute atomic E-state index is 0.657. The van der Waals surface area contributed by atoms with Crippen LogP contribution in [-0.4, -0.2) is 0 Å². The molecule has 0 aliphatic heterocycles. The van der Waals surface area contributed by atoms with Crippen molar-refractivity contribution in [3.63, 3.8) is 0 Å². The summed E-state index contributed by atoms with van der Waals surface area (Å²) in [5.41, 5.74) is 3.16. The molecule has 94 valence electrons. The molecule has 0 nitrogen and oxygen atoms in total. The van der Waals surface area contributed by atoms with E-state index in [1.54, 1.807) is 11.1 Å². The summed E-state index contributed by atoms with van der Waals surface area (Å²) < 4.78 is 0. The Morgan fingerprint density at radius 1 is 1.12 bits per heavy atom. The van der Waals surface area contributed by atoms with Crippen molar-refractivity contribution in [1.29, 1.82) is 0 Å². The molecular weight excluding hydrogens is 204 g/mol. The van der Waals surface area contributed by atoms with E-state index in [1.807, 2.05) is 0 Å². The molecule has 0 heterocycles. The van der Waals surface area contributed by atoms with E-state index < -0.39 is 0 Å². The third-order valence-corrected chi connectivity index (χ3v) is 4.45. The molecule has 2 rings (SSSR count). The molecule has 0 heteroatoms. The van der Waals surface area contributed by atoms with Gasteiger partial charge in [-0.2, -0.15) is 0 Å². The van der Waals surface area contributed by atoms with Crippen LogP contribution in [0.4, 0.5) is 0 Å². The van der Waals surface area contributed by atoms with Crippen molar-refractivity contribution < 1.29 is 0 Å². The topological polar surface area (TPSA) is 0 Å². The SMILES string of the molecule is CC(C)c1ccccc1CC1CCCCC1C. The van der Waals surface area contributed by atoms with Crippen molar-refractivity contribution in [2.24, 2.45) is 11.8 Å². The Morgan fingerprint density at radius 2 is 1.82 bits per heavy atom. The summed E-state index contributed by atoms with van der Waals surface area (Å²) in [7, 11) is 0. The van der Waals surface area contributed by atoms with Gasteiger partial charge in [-0.25, -0.2) is 0 Å². The first kappa shape index (κ1) is 12.7. The second-order valence-corrected chi connectivity index (χ2v) is 6.08. The van der Waals surface area contributed by atoms with E-state index in [1.165, 1.54) is 32.1 Å². The molecule has 1 saturated carbocycles. The van der Waals surface area contributed by atoms with Gasteiger partial charge in [-0.3, -0.25) is 0 Å². The molecule has 1 aromatic carbocycles. The lowest BCUT2D eigenvalue weighted by molar-refractivity contribution is 0.254. The normalized spacial score (nSPS) is 25.2. The standard InChI is InChI=1S/C17H26/c1-13(2)17-11-7-6-10-16(17)12-15-9-5-4-8-14(15)3/h6-7,10-11,13-15H,4-5,8-9,12H2,1-3H3. The highest BCUT2D eigenvalue weighted by Crippen LogP contribution is 2.33. The molecule has 1 aliphatic rings. The highest BCUT2D eigenvalue weighted by Gasteiger charge is 2.22. The Bertz CT molecular complexity index is 351. The zero-order chi connectivity index (χ0) is 12.3. The molecule has 0 saturated heterocycles. The maximum atomic E-state index is 2.45. The third-order valence-electron chi connectivity index (χ3n) is 4.45. The average molecular weight is 230 g/mol. The van der Waals surface area contributed by atoms with Gasteiger partial charge in [0.15, 0.2) is 0 Å². The van der Waals surface area contributed by atoms with Crippen LogP contribution in [0.2, 0.25) is 0 Å². The van der Waals surface area contributed by atoms with Crippen LogP contribution < -0.4 is 0 Å². The molecule has 0 radical (unpaired) electrons. The van der Waals surface area contributed by atoms with Crippen LogP contribution in [0, 0.1) is 11.8 Å². The van der Waals surface area contributed by atoms with Crippen LogP contribution in [0.15, 0.2) is 24.3 Å². The van der Waals surface area contributed by atoms with Gasteiger partial charge in [-0.05, 0) is 41.7 Å². The van der Waals surface area contributed by atoms with Crippen molar-refractivity contribution in [1.82, 2.24) is 0 Å². The Morgan fingerprint density at radius 3 is 2.53 bits per heavy atom. The molecule has 2 atom stereocenters. The van der Waals surface area contributed by atoms with Crippen molar-refractivity contribution in [2.75, 3.05) is 0 Å². The molecule has 1 aromatic rings. The maximum absolute atomic E-state index is 2.45. The number of hydrogen-bond acceptors (Lipinski definition) is 0. The van der Waals surface area contributed by atoms with Crippen molar-refractivity contribution in [3.05, 3.63) is 35.4 Å². The Labute approximate surface area is 106 Å². The van der Waals surface area contributed by atoms with Gasteiger partial charge in [0.1, 0.15) is 0 Å². The van der Waals surface area contributed by atoms with Gasteiger partial charge in [-0.15, -0.1) is 0 Å². The molecule has 0 aromatic heterocycles. The second kappa shape index (κ2) is 5.71. The number of rotatable bonds is 3. The van der Waals surface area contributed by atoms with Crippen LogP contribution in [0.3, 0.4) is 0 Å². The van der Waals surface area contributed by atoms with E-state index in [0.717, 1.165) is 11.8 Å². The monoisotopic (exact) mass is 230 g/mol. The summed E-state index contributed by atoms with van der Waals surface area (Å²) in [5, 5.41) is 0. The quantitative estimate of drug-likeness (QED) is 0.671. The van der Waals surface area contributed by atoms with E-state index in [2.05, 4.69) is 45.0 Å². The predicted octanol–water partition coefficient (Wildman–Crippen LogP) is 5.18. The Kier molecular flexibility index (Phi) is 4.25. The fourth-order valence-electron chi connectivity index (χ4n) is 3.26. The molecule has 1 fully saturated rings. The van der Waals surface area contributed by atoms with Crippen molar-refractivity contribution in [2.45, 2.75) is 58.8 Å². The Hall–Kier alpha value is -0.780. The Balaban J connectivity index is 2.12. The van der Waals surface area contributed by atoms with Gasteiger partial charge in [0, 0.05) is 0 Å². The summed E-state index contributed by atoms with van der Waals surface area (Å²) in [5.74, 6) is 2.50.